The molecule has 0 aromatic carbocycles. The second-order valence-electron chi connectivity index (χ2n) is 5.96. The molecule has 0 radical (unpaired) electrons. The summed E-state index contributed by atoms with van der Waals surface area (Å²) in [7, 11) is 1.98. The number of hydrogen-bond acceptors (Lipinski definition) is 2. The summed E-state index contributed by atoms with van der Waals surface area (Å²) in [5, 5.41) is 3.24. The van der Waals surface area contributed by atoms with E-state index in [0.29, 0.717) is 11.8 Å². The third-order valence-corrected chi connectivity index (χ3v) is 4.53. The maximum absolute atomic E-state index is 12.6. The predicted molar refractivity (Wildman–Crippen MR) is 69.9 cm³/mol. The van der Waals surface area contributed by atoms with Gasteiger partial charge in [-0.3, -0.25) is 4.79 Å². The maximum Gasteiger partial charge on any atom is 0.226 e. The highest BCUT2D eigenvalue weighted by molar-refractivity contribution is 5.80. The fourth-order valence-corrected chi connectivity index (χ4v) is 3.53. The normalized spacial score (nSPS) is 30.8. The zero-order valence-electron chi connectivity index (χ0n) is 11.3. The Morgan fingerprint density at radius 3 is 2.65 bits per heavy atom. The summed E-state index contributed by atoms with van der Waals surface area (Å²) in [4.78, 5) is 14.8. The molecule has 1 heterocycles. The van der Waals surface area contributed by atoms with Crippen molar-refractivity contribution < 1.29 is 4.79 Å². The molecule has 1 amide bonds. The van der Waals surface area contributed by atoms with Crippen LogP contribution in [0.25, 0.3) is 0 Å². The highest BCUT2D eigenvalue weighted by atomic mass is 16.2. The molecule has 1 aliphatic carbocycles. The fourth-order valence-electron chi connectivity index (χ4n) is 3.53. The average Bonchev–Trinajstić information content (AvgIpc) is 2.72. The molecule has 3 heteroatoms. The largest absolute Gasteiger partial charge is 0.336 e. The lowest BCUT2D eigenvalue weighted by molar-refractivity contribution is -0.140. The molecule has 1 unspecified atom stereocenters. The number of carbonyl (C=O) groups is 1. The summed E-state index contributed by atoms with van der Waals surface area (Å²) in [6.45, 7) is 4.12. The molecule has 0 aromatic rings. The summed E-state index contributed by atoms with van der Waals surface area (Å²) in [6.07, 6.45) is 8.34. The summed E-state index contributed by atoms with van der Waals surface area (Å²) >= 11 is 0. The van der Waals surface area contributed by atoms with Crippen LogP contribution in [0.2, 0.25) is 0 Å². The van der Waals surface area contributed by atoms with Gasteiger partial charge in [-0.1, -0.05) is 19.3 Å². The quantitative estimate of drug-likeness (QED) is 0.817. The second kappa shape index (κ2) is 5.38. The van der Waals surface area contributed by atoms with Crippen LogP contribution in [0.4, 0.5) is 0 Å². The molecule has 17 heavy (non-hydrogen) atoms. The van der Waals surface area contributed by atoms with E-state index in [-0.39, 0.29) is 5.54 Å². The summed E-state index contributed by atoms with van der Waals surface area (Å²) in [6, 6.07) is 0. The van der Waals surface area contributed by atoms with E-state index in [9.17, 15) is 4.79 Å². The lowest BCUT2D eigenvalue weighted by atomic mass is 9.87. The van der Waals surface area contributed by atoms with Gasteiger partial charge in [-0.05, 0) is 39.7 Å². The van der Waals surface area contributed by atoms with Gasteiger partial charge in [0.15, 0.2) is 0 Å². The first kappa shape index (κ1) is 12.9. The zero-order chi connectivity index (χ0) is 12.3. The molecule has 0 bridgehead atoms. The first-order chi connectivity index (χ1) is 8.17. The Balaban J connectivity index is 2.02. The smallest absolute Gasteiger partial charge is 0.226 e. The van der Waals surface area contributed by atoms with Crippen molar-refractivity contribution >= 4 is 5.91 Å². The van der Waals surface area contributed by atoms with Gasteiger partial charge in [0.2, 0.25) is 5.91 Å². The fraction of sp³-hybridized carbons (Fsp3) is 0.929. The molecule has 1 aliphatic heterocycles. The Kier molecular flexibility index (Phi) is 4.08. The lowest BCUT2D eigenvalue weighted by Crippen LogP contribution is -2.52. The van der Waals surface area contributed by atoms with Crippen LogP contribution in [-0.4, -0.2) is 36.5 Å². The van der Waals surface area contributed by atoms with Crippen molar-refractivity contribution in [3.63, 3.8) is 0 Å². The third-order valence-electron chi connectivity index (χ3n) is 4.53. The van der Waals surface area contributed by atoms with Gasteiger partial charge in [0.1, 0.15) is 0 Å². The SMILES string of the molecule is CNCC1(C)CCCN1C(=O)C1CCCCC1. The van der Waals surface area contributed by atoms with Crippen molar-refractivity contribution in [2.45, 2.75) is 57.4 Å². The van der Waals surface area contributed by atoms with E-state index in [1.54, 1.807) is 0 Å². The Morgan fingerprint density at radius 1 is 1.29 bits per heavy atom. The molecular formula is C14H26N2O. The van der Waals surface area contributed by atoms with E-state index in [2.05, 4.69) is 17.1 Å². The minimum Gasteiger partial charge on any atom is -0.336 e. The molecule has 1 atom stereocenters. The van der Waals surface area contributed by atoms with Crippen LogP contribution in [0.3, 0.4) is 0 Å². The minimum atomic E-state index is 0.0588. The third kappa shape index (κ3) is 2.65. The molecule has 1 N–H and O–H groups in total. The standard InChI is InChI=1S/C14H26N2O/c1-14(11-15-2)9-6-10-16(14)13(17)12-7-4-3-5-8-12/h12,15H,3-11H2,1-2H3. The summed E-state index contributed by atoms with van der Waals surface area (Å²) in [5.41, 5.74) is 0.0588. The van der Waals surface area contributed by atoms with Crippen molar-refractivity contribution in [1.82, 2.24) is 10.2 Å². The Labute approximate surface area is 105 Å². The number of hydrogen-bond donors (Lipinski definition) is 1. The number of nitrogens with one attached hydrogen (secondary N) is 1. The molecular weight excluding hydrogens is 212 g/mol. The van der Waals surface area contributed by atoms with Crippen LogP contribution in [0.5, 0.6) is 0 Å². The molecule has 2 fully saturated rings. The number of rotatable bonds is 3. The van der Waals surface area contributed by atoms with Crippen molar-refractivity contribution in [3.05, 3.63) is 0 Å². The average molecular weight is 238 g/mol. The van der Waals surface area contributed by atoms with E-state index < -0.39 is 0 Å². The number of likely N-dealkylation sites (N-methyl/N-ethyl adjacent to an activating group) is 1. The van der Waals surface area contributed by atoms with Gasteiger partial charge in [-0.2, -0.15) is 0 Å². The molecule has 0 aromatic heterocycles. The van der Waals surface area contributed by atoms with Gasteiger partial charge >= 0.3 is 0 Å². The van der Waals surface area contributed by atoms with Crippen molar-refractivity contribution in [3.8, 4) is 0 Å². The van der Waals surface area contributed by atoms with Crippen LogP contribution >= 0.6 is 0 Å². The molecule has 3 nitrogen and oxygen atoms in total. The van der Waals surface area contributed by atoms with E-state index in [4.69, 9.17) is 0 Å². The first-order valence-electron chi connectivity index (χ1n) is 7.13. The Morgan fingerprint density at radius 2 is 2.00 bits per heavy atom. The maximum atomic E-state index is 12.6. The molecule has 1 saturated carbocycles. The van der Waals surface area contributed by atoms with Crippen molar-refractivity contribution in [1.29, 1.82) is 0 Å². The highest BCUT2D eigenvalue weighted by Crippen LogP contribution is 2.33. The number of nitrogens with zero attached hydrogens (tertiary/aromatic N) is 1. The van der Waals surface area contributed by atoms with E-state index in [1.165, 1.54) is 19.3 Å². The summed E-state index contributed by atoms with van der Waals surface area (Å²) < 4.78 is 0. The number of amides is 1. The van der Waals surface area contributed by atoms with Gasteiger partial charge in [-0.25, -0.2) is 0 Å². The van der Waals surface area contributed by atoms with Gasteiger partial charge < -0.3 is 10.2 Å². The van der Waals surface area contributed by atoms with Crippen LogP contribution in [0.1, 0.15) is 51.9 Å². The molecule has 98 valence electrons. The van der Waals surface area contributed by atoms with Crippen LogP contribution in [-0.2, 0) is 4.79 Å². The van der Waals surface area contributed by atoms with E-state index >= 15 is 0 Å². The molecule has 2 rings (SSSR count). The van der Waals surface area contributed by atoms with Crippen molar-refractivity contribution in [2.24, 2.45) is 5.92 Å². The van der Waals surface area contributed by atoms with Gasteiger partial charge in [0, 0.05) is 19.0 Å². The molecule has 2 aliphatic rings. The van der Waals surface area contributed by atoms with Crippen molar-refractivity contribution in [2.75, 3.05) is 20.1 Å². The minimum absolute atomic E-state index is 0.0588. The Hall–Kier alpha value is -0.570. The van der Waals surface area contributed by atoms with Gasteiger partial charge in [0.05, 0.1) is 5.54 Å². The van der Waals surface area contributed by atoms with Crippen LogP contribution in [0, 0.1) is 5.92 Å². The lowest BCUT2D eigenvalue weighted by Gasteiger charge is -2.38. The topological polar surface area (TPSA) is 32.3 Å². The predicted octanol–water partition coefficient (Wildman–Crippen LogP) is 2.17. The first-order valence-corrected chi connectivity index (χ1v) is 7.13. The monoisotopic (exact) mass is 238 g/mol. The number of carbonyl (C=O) groups excluding carboxylic acids is 1. The van der Waals surface area contributed by atoms with Crippen LogP contribution < -0.4 is 5.32 Å². The summed E-state index contributed by atoms with van der Waals surface area (Å²) in [5.74, 6) is 0.748. The highest BCUT2D eigenvalue weighted by Gasteiger charge is 2.41. The van der Waals surface area contributed by atoms with E-state index in [1.807, 2.05) is 7.05 Å². The van der Waals surface area contributed by atoms with Crippen LogP contribution in [0.15, 0.2) is 0 Å². The second-order valence-corrected chi connectivity index (χ2v) is 5.96. The van der Waals surface area contributed by atoms with E-state index in [0.717, 1.165) is 38.8 Å². The molecule has 0 spiro atoms. The molecule has 1 saturated heterocycles. The zero-order valence-corrected chi connectivity index (χ0v) is 11.3. The number of likely N-dealkylation sites (tertiary alicyclic amines) is 1. The van der Waals surface area contributed by atoms with Gasteiger partial charge in [-0.15, -0.1) is 0 Å². The Bertz CT molecular complexity index is 273. The van der Waals surface area contributed by atoms with Gasteiger partial charge in [0.25, 0.3) is 0 Å².